The second-order valence-corrected chi connectivity index (χ2v) is 8.40. The van der Waals surface area contributed by atoms with Crippen LogP contribution in [0.4, 0.5) is 0 Å². The van der Waals surface area contributed by atoms with Gasteiger partial charge >= 0.3 is 5.97 Å². The maximum Gasteiger partial charge on any atom is 0.355 e. The highest BCUT2D eigenvalue weighted by atomic mass is 32.2. The van der Waals surface area contributed by atoms with Crippen LogP contribution in [0.3, 0.4) is 0 Å². The number of ether oxygens (including phenoxy) is 1. The highest BCUT2D eigenvalue weighted by Crippen LogP contribution is 2.25. The minimum absolute atomic E-state index is 0.0420. The number of unbranched alkanes of at least 4 members (excludes halogenated alkanes) is 2. The van der Waals surface area contributed by atoms with Gasteiger partial charge in [0.1, 0.15) is 5.70 Å². The van der Waals surface area contributed by atoms with Gasteiger partial charge in [-0.1, -0.05) is 67.4 Å². The van der Waals surface area contributed by atoms with E-state index in [-0.39, 0.29) is 17.1 Å². The fraction of sp³-hybridized carbons (Fsp3) is 0.318. The molecule has 0 aliphatic rings. The third kappa shape index (κ3) is 5.45. The number of aryl methyl sites for hydroxylation is 1. The number of esters is 1. The number of hydrogen-bond donors (Lipinski definition) is 0. The highest BCUT2D eigenvalue weighted by Gasteiger charge is 2.30. The monoisotopic (exact) mass is 401 g/mol. The number of allylic oxidation sites excluding steroid dienone is 1. The molecule has 0 unspecified atom stereocenters. The SMILES string of the molecule is CCCC/C=C(/C(=O)OC)N(Cc1ccccc1)S(=O)(=O)c1ccc(C)cc1. The predicted molar refractivity (Wildman–Crippen MR) is 110 cm³/mol. The summed E-state index contributed by atoms with van der Waals surface area (Å²) in [4.78, 5) is 12.6. The number of sulfonamides is 1. The predicted octanol–water partition coefficient (Wildman–Crippen LogP) is 4.43. The molecule has 0 atom stereocenters. The molecule has 0 bridgehead atoms. The summed E-state index contributed by atoms with van der Waals surface area (Å²) in [6.45, 7) is 3.98. The van der Waals surface area contributed by atoms with Crippen LogP contribution in [0.2, 0.25) is 0 Å². The Morgan fingerprint density at radius 1 is 1.07 bits per heavy atom. The number of methoxy groups -OCH3 is 1. The van der Waals surface area contributed by atoms with Crippen LogP contribution in [0.1, 0.15) is 37.3 Å². The quantitative estimate of drug-likeness (QED) is 0.354. The van der Waals surface area contributed by atoms with Crippen LogP contribution in [0.15, 0.2) is 71.3 Å². The third-order valence-electron chi connectivity index (χ3n) is 4.34. The van der Waals surface area contributed by atoms with Crippen molar-refractivity contribution in [2.75, 3.05) is 7.11 Å². The van der Waals surface area contributed by atoms with Gasteiger partial charge in [0.25, 0.3) is 10.0 Å². The molecule has 28 heavy (non-hydrogen) atoms. The Morgan fingerprint density at radius 2 is 1.71 bits per heavy atom. The molecular weight excluding hydrogens is 374 g/mol. The zero-order valence-corrected chi connectivity index (χ0v) is 17.4. The Kier molecular flexibility index (Phi) is 7.81. The molecule has 0 N–H and O–H groups in total. The Labute approximate surface area is 167 Å². The molecule has 0 aliphatic carbocycles. The van der Waals surface area contributed by atoms with E-state index in [4.69, 9.17) is 4.74 Å². The summed E-state index contributed by atoms with van der Waals surface area (Å²) >= 11 is 0. The van der Waals surface area contributed by atoms with E-state index in [2.05, 4.69) is 0 Å². The van der Waals surface area contributed by atoms with Gasteiger partial charge < -0.3 is 4.74 Å². The first kappa shape index (κ1) is 21.7. The molecule has 0 spiro atoms. The van der Waals surface area contributed by atoms with Crippen molar-refractivity contribution in [3.05, 3.63) is 77.5 Å². The third-order valence-corrected chi connectivity index (χ3v) is 6.11. The topological polar surface area (TPSA) is 63.7 Å². The lowest BCUT2D eigenvalue weighted by molar-refractivity contribution is -0.137. The van der Waals surface area contributed by atoms with Gasteiger partial charge in [-0.2, -0.15) is 0 Å². The first-order valence-electron chi connectivity index (χ1n) is 9.32. The second-order valence-electron chi connectivity index (χ2n) is 6.53. The van der Waals surface area contributed by atoms with E-state index >= 15 is 0 Å². The number of benzene rings is 2. The van der Waals surface area contributed by atoms with E-state index in [1.807, 2.05) is 44.2 Å². The van der Waals surface area contributed by atoms with Crippen molar-refractivity contribution >= 4 is 16.0 Å². The zero-order chi connectivity index (χ0) is 20.6. The number of rotatable bonds is 9. The number of nitrogens with zero attached hydrogens (tertiary/aromatic N) is 1. The molecular formula is C22H27NO4S. The average Bonchev–Trinajstić information content (AvgIpc) is 2.70. The summed E-state index contributed by atoms with van der Waals surface area (Å²) in [6, 6.07) is 15.8. The van der Waals surface area contributed by atoms with E-state index in [0.29, 0.717) is 6.42 Å². The molecule has 0 aromatic heterocycles. The normalized spacial score (nSPS) is 11.9. The molecule has 150 valence electrons. The molecule has 0 heterocycles. The molecule has 0 radical (unpaired) electrons. The van der Waals surface area contributed by atoms with Crippen molar-refractivity contribution in [1.82, 2.24) is 4.31 Å². The zero-order valence-electron chi connectivity index (χ0n) is 16.6. The van der Waals surface area contributed by atoms with Crippen molar-refractivity contribution in [3.63, 3.8) is 0 Å². The van der Waals surface area contributed by atoms with Crippen molar-refractivity contribution in [2.45, 2.75) is 44.6 Å². The van der Waals surface area contributed by atoms with Crippen molar-refractivity contribution in [1.29, 1.82) is 0 Å². The Hall–Kier alpha value is -2.60. The van der Waals surface area contributed by atoms with Gasteiger partial charge in [-0.3, -0.25) is 4.31 Å². The standard InChI is InChI=1S/C22H27NO4S/c1-4-5-7-12-21(22(24)27-3)23(17-19-10-8-6-9-11-19)28(25,26)20-15-13-18(2)14-16-20/h6,8-16H,4-5,7,17H2,1-3H3/b21-12-. The fourth-order valence-electron chi connectivity index (χ4n) is 2.72. The molecule has 2 rings (SSSR count). The second kappa shape index (κ2) is 10.1. The minimum atomic E-state index is -3.94. The van der Waals surface area contributed by atoms with Gasteiger partial charge in [-0.15, -0.1) is 0 Å². The molecule has 0 fully saturated rings. The fourth-order valence-corrected chi connectivity index (χ4v) is 4.18. The van der Waals surface area contributed by atoms with Crippen molar-refractivity contribution in [2.24, 2.45) is 0 Å². The van der Waals surface area contributed by atoms with Gasteiger partial charge in [0.05, 0.1) is 18.6 Å². The summed E-state index contributed by atoms with van der Waals surface area (Å²) < 4.78 is 32.9. The van der Waals surface area contributed by atoms with Crippen LogP contribution in [0.5, 0.6) is 0 Å². The van der Waals surface area contributed by atoms with E-state index < -0.39 is 16.0 Å². The lowest BCUT2D eigenvalue weighted by atomic mass is 10.2. The summed E-state index contributed by atoms with van der Waals surface area (Å²) in [6.07, 6.45) is 4.04. The molecule has 6 heteroatoms. The average molecular weight is 402 g/mol. The van der Waals surface area contributed by atoms with Crippen LogP contribution >= 0.6 is 0 Å². The van der Waals surface area contributed by atoms with E-state index in [0.717, 1.165) is 28.3 Å². The maximum absolute atomic E-state index is 13.4. The number of carbonyl (C=O) groups is 1. The summed E-state index contributed by atoms with van der Waals surface area (Å²) in [5.74, 6) is -0.664. The smallest absolute Gasteiger partial charge is 0.355 e. The Bertz CT molecular complexity index is 903. The van der Waals surface area contributed by atoms with Crippen LogP contribution in [0, 0.1) is 6.92 Å². The lowest BCUT2D eigenvalue weighted by Gasteiger charge is -2.26. The molecule has 0 saturated heterocycles. The van der Waals surface area contributed by atoms with E-state index in [1.54, 1.807) is 30.3 Å². The lowest BCUT2D eigenvalue weighted by Crippen LogP contribution is -2.34. The summed E-state index contributed by atoms with van der Waals surface area (Å²) in [5, 5.41) is 0. The van der Waals surface area contributed by atoms with Crippen molar-refractivity contribution < 1.29 is 17.9 Å². The largest absolute Gasteiger partial charge is 0.464 e. The molecule has 2 aromatic rings. The molecule has 0 amide bonds. The minimum Gasteiger partial charge on any atom is -0.464 e. The maximum atomic E-state index is 13.4. The summed E-state index contributed by atoms with van der Waals surface area (Å²) in [5.41, 5.74) is 1.78. The van der Waals surface area contributed by atoms with Gasteiger partial charge in [-0.25, -0.2) is 13.2 Å². The molecule has 0 aliphatic heterocycles. The molecule has 2 aromatic carbocycles. The molecule has 0 saturated carbocycles. The van der Waals surface area contributed by atoms with E-state index in [1.165, 1.54) is 7.11 Å². The first-order chi connectivity index (χ1) is 13.4. The van der Waals surface area contributed by atoms with E-state index in [9.17, 15) is 13.2 Å². The molecule has 5 nitrogen and oxygen atoms in total. The summed E-state index contributed by atoms with van der Waals surface area (Å²) in [7, 11) is -2.68. The first-order valence-corrected chi connectivity index (χ1v) is 10.8. The van der Waals surface area contributed by atoms with Gasteiger partial charge in [0.2, 0.25) is 0 Å². The highest BCUT2D eigenvalue weighted by molar-refractivity contribution is 7.89. The number of hydrogen-bond acceptors (Lipinski definition) is 4. The van der Waals surface area contributed by atoms with Gasteiger partial charge in [0, 0.05) is 0 Å². The van der Waals surface area contributed by atoms with Crippen LogP contribution < -0.4 is 0 Å². The van der Waals surface area contributed by atoms with Crippen LogP contribution in [-0.2, 0) is 26.1 Å². The van der Waals surface area contributed by atoms with Gasteiger partial charge in [-0.05, 0) is 37.5 Å². The van der Waals surface area contributed by atoms with Crippen molar-refractivity contribution in [3.8, 4) is 0 Å². The van der Waals surface area contributed by atoms with Crippen LogP contribution in [0.25, 0.3) is 0 Å². The number of carbonyl (C=O) groups excluding carboxylic acids is 1. The van der Waals surface area contributed by atoms with Gasteiger partial charge in [0.15, 0.2) is 0 Å². The Balaban J connectivity index is 2.55. The Morgan fingerprint density at radius 3 is 2.29 bits per heavy atom. The van der Waals surface area contributed by atoms with Crippen LogP contribution in [-0.4, -0.2) is 25.8 Å².